The van der Waals surface area contributed by atoms with E-state index in [9.17, 15) is 9.59 Å². The molecule has 0 bridgehead atoms. The summed E-state index contributed by atoms with van der Waals surface area (Å²) in [6, 6.07) is 9.68. The van der Waals surface area contributed by atoms with Crippen molar-refractivity contribution in [2.75, 3.05) is 31.8 Å². The number of anilines is 4. The SMILES string of the molecule is [2H]C([2H])([2H])NC(=O)c1nnc(Nc2ccc(C(=O)OC)cn2)cc1Nc1cccc(-c2ncn(C)n2)c1OC. The van der Waals surface area contributed by atoms with Crippen molar-refractivity contribution < 1.29 is 23.2 Å². The van der Waals surface area contributed by atoms with Crippen molar-refractivity contribution in [3.8, 4) is 17.1 Å². The molecule has 36 heavy (non-hydrogen) atoms. The van der Waals surface area contributed by atoms with E-state index in [0.717, 1.165) is 0 Å². The largest absolute Gasteiger partial charge is 0.494 e. The molecule has 184 valence electrons. The Hall–Kier alpha value is -5.07. The first kappa shape index (κ1) is 20.3. The number of amides is 1. The Kier molecular flexibility index (Phi) is 5.90. The van der Waals surface area contributed by atoms with Crippen molar-refractivity contribution in [3.05, 3.63) is 60.2 Å². The fourth-order valence-corrected chi connectivity index (χ4v) is 3.25. The second-order valence-corrected chi connectivity index (χ2v) is 7.25. The number of rotatable bonds is 8. The number of aromatic nitrogens is 6. The van der Waals surface area contributed by atoms with Gasteiger partial charge in [-0.15, -0.1) is 10.2 Å². The van der Waals surface area contributed by atoms with Crippen LogP contribution in [0.2, 0.25) is 0 Å². The molecule has 4 rings (SSSR count). The fourth-order valence-electron chi connectivity index (χ4n) is 3.25. The van der Waals surface area contributed by atoms with E-state index in [1.54, 1.807) is 36.3 Å². The third-order valence-corrected chi connectivity index (χ3v) is 4.89. The molecule has 0 unspecified atom stereocenters. The van der Waals surface area contributed by atoms with Gasteiger partial charge in [0.1, 0.15) is 12.1 Å². The number of para-hydroxylation sites is 1. The molecule has 13 nitrogen and oxygen atoms in total. The lowest BCUT2D eigenvalue weighted by Gasteiger charge is -2.16. The van der Waals surface area contributed by atoms with Gasteiger partial charge < -0.3 is 25.4 Å². The van der Waals surface area contributed by atoms with E-state index in [0.29, 0.717) is 28.6 Å². The molecule has 0 saturated heterocycles. The lowest BCUT2D eigenvalue weighted by molar-refractivity contribution is 0.0600. The summed E-state index contributed by atoms with van der Waals surface area (Å²) >= 11 is 0. The van der Waals surface area contributed by atoms with Crippen molar-refractivity contribution in [1.29, 1.82) is 0 Å². The first-order valence-electron chi connectivity index (χ1n) is 11.9. The smallest absolute Gasteiger partial charge is 0.339 e. The second-order valence-electron chi connectivity index (χ2n) is 7.25. The number of nitrogens with one attached hydrogen (secondary N) is 3. The van der Waals surface area contributed by atoms with Crippen LogP contribution in [0.5, 0.6) is 5.75 Å². The number of pyridine rings is 1. The van der Waals surface area contributed by atoms with Crippen molar-refractivity contribution in [2.45, 2.75) is 0 Å². The van der Waals surface area contributed by atoms with Crippen molar-refractivity contribution in [3.63, 3.8) is 0 Å². The molecule has 1 aromatic carbocycles. The van der Waals surface area contributed by atoms with Crippen LogP contribution in [0.4, 0.5) is 23.0 Å². The van der Waals surface area contributed by atoms with E-state index < -0.39 is 18.9 Å². The van der Waals surface area contributed by atoms with Gasteiger partial charge >= 0.3 is 5.97 Å². The van der Waals surface area contributed by atoms with Crippen LogP contribution in [-0.2, 0) is 11.8 Å². The molecule has 0 fully saturated rings. The summed E-state index contributed by atoms with van der Waals surface area (Å²) in [7, 11) is 4.46. The number of aryl methyl sites for hydroxylation is 1. The van der Waals surface area contributed by atoms with Crippen molar-refractivity contribution in [2.24, 2.45) is 7.05 Å². The molecule has 1 amide bonds. The molecule has 0 aliphatic carbocycles. The zero-order chi connectivity index (χ0) is 28.2. The van der Waals surface area contributed by atoms with Crippen molar-refractivity contribution in [1.82, 2.24) is 35.3 Å². The summed E-state index contributed by atoms with van der Waals surface area (Å²) < 4.78 is 34.0. The van der Waals surface area contributed by atoms with Crippen LogP contribution >= 0.6 is 0 Å². The van der Waals surface area contributed by atoms with E-state index >= 15 is 0 Å². The van der Waals surface area contributed by atoms with Gasteiger partial charge in [-0.2, -0.15) is 5.10 Å². The number of carbonyl (C=O) groups excluding carboxylic acids is 2. The van der Waals surface area contributed by atoms with Gasteiger partial charge in [0.2, 0.25) is 0 Å². The number of esters is 1. The minimum atomic E-state index is -2.75. The highest BCUT2D eigenvalue weighted by molar-refractivity contribution is 5.99. The summed E-state index contributed by atoms with van der Waals surface area (Å²) in [4.78, 5) is 32.8. The van der Waals surface area contributed by atoms with Gasteiger partial charge in [-0.3, -0.25) is 9.48 Å². The summed E-state index contributed by atoms with van der Waals surface area (Å²) in [6.45, 7) is -2.75. The first-order valence-corrected chi connectivity index (χ1v) is 10.4. The van der Waals surface area contributed by atoms with Crippen LogP contribution in [-0.4, -0.2) is 63.0 Å². The van der Waals surface area contributed by atoms with E-state index in [-0.39, 0.29) is 22.8 Å². The van der Waals surface area contributed by atoms with Crippen LogP contribution in [0, 0.1) is 0 Å². The van der Waals surface area contributed by atoms with Gasteiger partial charge in [0, 0.05) is 30.4 Å². The molecule has 4 aromatic rings. The van der Waals surface area contributed by atoms with Gasteiger partial charge in [0.25, 0.3) is 5.91 Å². The number of hydrogen-bond donors (Lipinski definition) is 3. The van der Waals surface area contributed by atoms with Gasteiger partial charge in [0.05, 0.1) is 36.7 Å². The summed E-state index contributed by atoms with van der Waals surface area (Å²) in [5, 5.41) is 20.1. The second kappa shape index (κ2) is 10.5. The molecule has 0 saturated carbocycles. The zero-order valence-corrected chi connectivity index (χ0v) is 19.4. The summed E-state index contributed by atoms with van der Waals surface area (Å²) in [6.07, 6.45) is 2.86. The Morgan fingerprint density at radius 1 is 1.03 bits per heavy atom. The third kappa shape index (κ3) is 5.04. The summed E-state index contributed by atoms with van der Waals surface area (Å²) in [5.41, 5.74) is 1.08. The quantitative estimate of drug-likeness (QED) is 0.310. The predicted molar refractivity (Wildman–Crippen MR) is 131 cm³/mol. The van der Waals surface area contributed by atoms with Crippen LogP contribution in [0.15, 0.2) is 48.9 Å². The number of carbonyl (C=O) groups is 2. The third-order valence-electron chi connectivity index (χ3n) is 4.89. The molecular formula is C23H23N9O4. The van der Waals surface area contributed by atoms with Crippen LogP contribution in [0.1, 0.15) is 25.0 Å². The van der Waals surface area contributed by atoms with Gasteiger partial charge in [0.15, 0.2) is 23.1 Å². The Labute approximate surface area is 210 Å². The van der Waals surface area contributed by atoms with E-state index in [2.05, 4.69) is 40.6 Å². The van der Waals surface area contributed by atoms with Gasteiger partial charge in [-0.1, -0.05) is 6.07 Å². The van der Waals surface area contributed by atoms with Crippen LogP contribution < -0.4 is 20.7 Å². The normalized spacial score (nSPS) is 12.0. The lowest BCUT2D eigenvalue weighted by Crippen LogP contribution is -2.21. The fraction of sp³-hybridized carbons (Fsp3) is 0.174. The number of nitrogens with zero attached hydrogens (tertiary/aromatic N) is 6. The molecule has 3 heterocycles. The van der Waals surface area contributed by atoms with Crippen LogP contribution in [0.25, 0.3) is 11.4 Å². The number of hydrogen-bond acceptors (Lipinski definition) is 11. The van der Waals surface area contributed by atoms with E-state index in [1.807, 2.05) is 5.32 Å². The highest BCUT2D eigenvalue weighted by Crippen LogP contribution is 2.37. The van der Waals surface area contributed by atoms with Crippen LogP contribution in [0.3, 0.4) is 0 Å². The van der Waals surface area contributed by atoms with E-state index in [4.69, 9.17) is 8.85 Å². The standard InChI is InChI=1S/C23H23N9O4/c1-24-22(33)19-16(10-18(29-30-19)28-17-9-8-13(11-25-17)23(34)36-4)27-15-7-5-6-14(20(15)35-3)21-26-12-32(2)31-21/h5-12H,1-4H3,(H,24,33)(H2,25,27,28,29)/i1D3. The Bertz CT molecular complexity index is 1510. The molecule has 0 spiro atoms. The monoisotopic (exact) mass is 492 g/mol. The Morgan fingerprint density at radius 2 is 1.89 bits per heavy atom. The average molecular weight is 493 g/mol. The average Bonchev–Trinajstić information content (AvgIpc) is 3.33. The topological polar surface area (TPSA) is 158 Å². The van der Waals surface area contributed by atoms with E-state index in [1.165, 1.54) is 38.6 Å². The van der Waals surface area contributed by atoms with Gasteiger partial charge in [-0.05, 0) is 24.3 Å². The molecule has 3 N–H and O–H groups in total. The number of benzene rings is 1. The molecule has 13 heteroatoms. The number of methoxy groups -OCH3 is 2. The maximum atomic E-state index is 12.8. The maximum absolute atomic E-state index is 12.8. The minimum Gasteiger partial charge on any atom is -0.494 e. The van der Waals surface area contributed by atoms with Crippen molar-refractivity contribution >= 4 is 34.9 Å². The Morgan fingerprint density at radius 3 is 2.56 bits per heavy atom. The predicted octanol–water partition coefficient (Wildman–Crippen LogP) is 2.31. The molecular weight excluding hydrogens is 466 g/mol. The Balaban J connectivity index is 1.71. The molecule has 0 atom stereocenters. The minimum absolute atomic E-state index is 0.116. The molecule has 3 aromatic heterocycles. The highest BCUT2D eigenvalue weighted by atomic mass is 16.5. The number of ether oxygens (including phenoxy) is 2. The first-order chi connectivity index (χ1) is 18.6. The molecule has 0 radical (unpaired) electrons. The lowest BCUT2D eigenvalue weighted by atomic mass is 10.1. The van der Waals surface area contributed by atoms with Gasteiger partial charge in [-0.25, -0.2) is 14.8 Å². The highest BCUT2D eigenvalue weighted by Gasteiger charge is 2.19. The zero-order valence-electron chi connectivity index (χ0n) is 22.4. The molecule has 0 aliphatic heterocycles. The molecule has 0 aliphatic rings. The summed E-state index contributed by atoms with van der Waals surface area (Å²) in [5.74, 6) is -0.237. The maximum Gasteiger partial charge on any atom is 0.339 e.